The summed E-state index contributed by atoms with van der Waals surface area (Å²) in [5.74, 6) is 1.08. The van der Waals surface area contributed by atoms with E-state index in [1.165, 1.54) is 5.56 Å². The van der Waals surface area contributed by atoms with Crippen molar-refractivity contribution in [3.05, 3.63) is 78.5 Å². The van der Waals surface area contributed by atoms with Gasteiger partial charge in [-0.1, -0.05) is 43.3 Å². The van der Waals surface area contributed by atoms with Crippen LogP contribution in [0.3, 0.4) is 0 Å². The number of carbonyl (C=O) groups excluding carboxylic acids is 1. The summed E-state index contributed by atoms with van der Waals surface area (Å²) in [5, 5.41) is 2.94. The van der Waals surface area contributed by atoms with Gasteiger partial charge in [0.2, 0.25) is 0 Å². The van der Waals surface area contributed by atoms with E-state index in [-0.39, 0.29) is 11.9 Å². The van der Waals surface area contributed by atoms with E-state index in [0.29, 0.717) is 13.1 Å². The highest BCUT2D eigenvalue weighted by atomic mass is 16.2. The highest BCUT2D eigenvalue weighted by Gasteiger charge is 2.13. The number of carbonyl (C=O) groups is 1. The minimum atomic E-state index is -0.0912. The summed E-state index contributed by atoms with van der Waals surface area (Å²) >= 11 is 0. The van der Waals surface area contributed by atoms with Gasteiger partial charge in [-0.25, -0.2) is 14.8 Å². The smallest absolute Gasteiger partial charge is 0.317 e. The van der Waals surface area contributed by atoms with Crippen LogP contribution in [-0.2, 0) is 6.54 Å². The fraction of sp³-hybridized carbons (Fsp3) is 0.250. The van der Waals surface area contributed by atoms with Gasteiger partial charge in [-0.3, -0.25) is 4.57 Å². The molecule has 3 rings (SSSR count). The summed E-state index contributed by atoms with van der Waals surface area (Å²) in [6.07, 6.45) is 7.02. The first-order valence-electron chi connectivity index (χ1n) is 8.60. The van der Waals surface area contributed by atoms with Crippen molar-refractivity contribution in [2.45, 2.75) is 19.4 Å². The van der Waals surface area contributed by atoms with E-state index in [1.54, 1.807) is 23.6 Å². The third-order valence-electron chi connectivity index (χ3n) is 4.28. The van der Waals surface area contributed by atoms with Gasteiger partial charge >= 0.3 is 6.03 Å². The Labute approximate surface area is 153 Å². The molecule has 0 fully saturated rings. The molecular weight excluding hydrogens is 326 g/mol. The Hall–Kier alpha value is -3.15. The van der Waals surface area contributed by atoms with Gasteiger partial charge < -0.3 is 10.2 Å². The van der Waals surface area contributed by atoms with Crippen LogP contribution in [0, 0.1) is 0 Å². The standard InChI is InChI=1S/C20H23N5O/c1-16(18-6-4-3-5-7-18)14-24(2)20(26)23-13-17-8-9-19(22-12-17)25-11-10-21-15-25/h3-12,15-16H,13-14H2,1-2H3,(H,23,26). The molecule has 0 aliphatic rings. The Balaban J connectivity index is 1.50. The van der Waals surface area contributed by atoms with Crippen LogP contribution in [0.15, 0.2) is 67.4 Å². The molecule has 26 heavy (non-hydrogen) atoms. The normalized spacial score (nSPS) is 11.8. The molecule has 6 heteroatoms. The number of likely N-dealkylation sites (N-methyl/N-ethyl adjacent to an activating group) is 1. The fourth-order valence-corrected chi connectivity index (χ4v) is 2.76. The maximum atomic E-state index is 12.3. The molecule has 1 atom stereocenters. The zero-order valence-corrected chi connectivity index (χ0v) is 15.0. The maximum absolute atomic E-state index is 12.3. The number of pyridine rings is 1. The van der Waals surface area contributed by atoms with Crippen LogP contribution in [0.1, 0.15) is 24.0 Å². The number of amides is 2. The Bertz CT molecular complexity index is 815. The van der Waals surface area contributed by atoms with Crippen LogP contribution < -0.4 is 5.32 Å². The van der Waals surface area contributed by atoms with Crippen molar-refractivity contribution in [2.24, 2.45) is 0 Å². The zero-order valence-electron chi connectivity index (χ0n) is 15.0. The second kappa shape index (κ2) is 8.29. The predicted octanol–water partition coefficient (Wildman–Crippen LogP) is 3.21. The molecular formula is C20H23N5O. The highest BCUT2D eigenvalue weighted by Crippen LogP contribution is 2.15. The van der Waals surface area contributed by atoms with Crippen molar-refractivity contribution in [3.63, 3.8) is 0 Å². The van der Waals surface area contributed by atoms with Crippen molar-refractivity contribution < 1.29 is 4.79 Å². The predicted molar refractivity (Wildman–Crippen MR) is 101 cm³/mol. The largest absolute Gasteiger partial charge is 0.334 e. The molecule has 0 aliphatic heterocycles. The van der Waals surface area contributed by atoms with Gasteiger partial charge in [-0.15, -0.1) is 0 Å². The van der Waals surface area contributed by atoms with Gasteiger partial charge in [-0.2, -0.15) is 0 Å². The van der Waals surface area contributed by atoms with E-state index in [4.69, 9.17) is 0 Å². The SMILES string of the molecule is CC(CN(C)C(=O)NCc1ccc(-n2ccnc2)nc1)c1ccccc1. The highest BCUT2D eigenvalue weighted by molar-refractivity contribution is 5.73. The molecule has 0 saturated heterocycles. The number of hydrogen-bond donors (Lipinski definition) is 1. The number of nitrogens with zero attached hydrogens (tertiary/aromatic N) is 4. The molecule has 134 valence electrons. The summed E-state index contributed by atoms with van der Waals surface area (Å²) in [6.45, 7) is 3.23. The van der Waals surface area contributed by atoms with E-state index in [2.05, 4.69) is 34.3 Å². The summed E-state index contributed by atoms with van der Waals surface area (Å²) in [4.78, 5) is 22.4. The topological polar surface area (TPSA) is 63.1 Å². The number of nitrogens with one attached hydrogen (secondary N) is 1. The average Bonchev–Trinajstić information content (AvgIpc) is 3.22. The number of rotatable bonds is 6. The lowest BCUT2D eigenvalue weighted by Crippen LogP contribution is -2.38. The first-order valence-corrected chi connectivity index (χ1v) is 8.60. The van der Waals surface area contributed by atoms with Gasteiger partial charge in [0.25, 0.3) is 0 Å². The molecule has 1 unspecified atom stereocenters. The third kappa shape index (κ3) is 4.47. The van der Waals surface area contributed by atoms with Gasteiger partial charge in [0.05, 0.1) is 0 Å². The first kappa shape index (κ1) is 17.7. The van der Waals surface area contributed by atoms with Gasteiger partial charge in [0.1, 0.15) is 12.1 Å². The second-order valence-electron chi connectivity index (χ2n) is 6.35. The number of imidazole rings is 1. The number of urea groups is 1. The summed E-state index contributed by atoms with van der Waals surface area (Å²) in [7, 11) is 1.81. The molecule has 1 N–H and O–H groups in total. The number of hydrogen-bond acceptors (Lipinski definition) is 3. The molecule has 0 bridgehead atoms. The summed E-state index contributed by atoms with van der Waals surface area (Å²) in [6, 6.07) is 14.0. The van der Waals surface area contributed by atoms with Gasteiger partial charge in [-0.05, 0) is 23.1 Å². The van der Waals surface area contributed by atoms with Crippen molar-refractivity contribution in [3.8, 4) is 5.82 Å². The van der Waals surface area contributed by atoms with Crippen LogP contribution in [0.2, 0.25) is 0 Å². The zero-order chi connectivity index (χ0) is 18.4. The molecule has 1 aromatic carbocycles. The van der Waals surface area contributed by atoms with Crippen LogP contribution >= 0.6 is 0 Å². The Morgan fingerprint density at radius 2 is 2.04 bits per heavy atom. The lowest BCUT2D eigenvalue weighted by atomic mass is 10.0. The monoisotopic (exact) mass is 349 g/mol. The lowest BCUT2D eigenvalue weighted by Gasteiger charge is -2.22. The van der Waals surface area contributed by atoms with Crippen LogP contribution in [0.5, 0.6) is 0 Å². The van der Waals surface area contributed by atoms with E-state index < -0.39 is 0 Å². The van der Waals surface area contributed by atoms with E-state index in [1.807, 2.05) is 48.1 Å². The van der Waals surface area contributed by atoms with E-state index >= 15 is 0 Å². The fourth-order valence-electron chi connectivity index (χ4n) is 2.76. The van der Waals surface area contributed by atoms with Crippen molar-refractivity contribution in [2.75, 3.05) is 13.6 Å². The molecule has 0 radical (unpaired) electrons. The Morgan fingerprint density at radius 3 is 2.69 bits per heavy atom. The van der Waals surface area contributed by atoms with Crippen molar-refractivity contribution in [1.29, 1.82) is 0 Å². The lowest BCUT2D eigenvalue weighted by molar-refractivity contribution is 0.206. The molecule has 2 heterocycles. The maximum Gasteiger partial charge on any atom is 0.317 e. The van der Waals surface area contributed by atoms with Crippen LogP contribution in [0.4, 0.5) is 4.79 Å². The molecule has 6 nitrogen and oxygen atoms in total. The van der Waals surface area contributed by atoms with Crippen LogP contribution in [-0.4, -0.2) is 39.1 Å². The Morgan fingerprint density at radius 1 is 1.23 bits per heavy atom. The van der Waals surface area contributed by atoms with Gasteiger partial charge in [0, 0.05) is 38.7 Å². The quantitative estimate of drug-likeness (QED) is 0.743. The summed E-state index contributed by atoms with van der Waals surface area (Å²) < 4.78 is 1.83. The van der Waals surface area contributed by atoms with Gasteiger partial charge in [0.15, 0.2) is 0 Å². The molecule has 0 saturated carbocycles. The van der Waals surface area contributed by atoms with Crippen molar-refractivity contribution in [1.82, 2.24) is 24.8 Å². The molecule has 2 amide bonds. The number of benzene rings is 1. The summed E-state index contributed by atoms with van der Waals surface area (Å²) in [5.41, 5.74) is 2.18. The average molecular weight is 349 g/mol. The third-order valence-corrected chi connectivity index (χ3v) is 4.28. The minimum Gasteiger partial charge on any atom is -0.334 e. The van der Waals surface area contributed by atoms with E-state index in [0.717, 1.165) is 11.4 Å². The molecule has 0 spiro atoms. The van der Waals surface area contributed by atoms with Crippen molar-refractivity contribution >= 4 is 6.03 Å². The Kier molecular flexibility index (Phi) is 5.63. The van der Waals surface area contributed by atoms with E-state index in [9.17, 15) is 4.79 Å². The molecule has 2 aromatic heterocycles. The first-order chi connectivity index (χ1) is 12.6. The molecule has 3 aromatic rings. The minimum absolute atomic E-state index is 0.0912. The second-order valence-corrected chi connectivity index (χ2v) is 6.35. The molecule has 0 aliphatic carbocycles. The number of aromatic nitrogens is 3. The van der Waals surface area contributed by atoms with Crippen LogP contribution in [0.25, 0.3) is 5.82 Å².